The largest absolute Gasteiger partial charge is 0.481 e. The Morgan fingerprint density at radius 1 is 1.38 bits per heavy atom. The van der Waals surface area contributed by atoms with Crippen LogP contribution in [-0.4, -0.2) is 17.0 Å². The van der Waals surface area contributed by atoms with Crippen molar-refractivity contribution in [3.05, 3.63) is 29.3 Å². The Bertz CT molecular complexity index is 487. The Morgan fingerprint density at radius 3 is 2.62 bits per heavy atom. The van der Waals surface area contributed by atoms with Gasteiger partial charge in [0.1, 0.15) is 0 Å². The number of carboxylic acids is 1. The van der Waals surface area contributed by atoms with Gasteiger partial charge in [0.25, 0.3) is 0 Å². The van der Waals surface area contributed by atoms with Crippen LogP contribution in [0.15, 0.2) is 12.1 Å². The first kappa shape index (κ1) is 10.5. The number of benzene rings is 1. The lowest BCUT2D eigenvalue weighted by Gasteiger charge is -2.22. The smallest absolute Gasteiger partial charge is 0.311 e. The number of carbonyl (C=O) groups excluding carboxylic acids is 1. The Morgan fingerprint density at radius 2 is 2.00 bits per heavy atom. The second-order valence-corrected chi connectivity index (χ2v) is 3.50. The Labute approximate surface area is 88.9 Å². The summed E-state index contributed by atoms with van der Waals surface area (Å²) >= 11 is 0. The van der Waals surface area contributed by atoms with Crippen molar-refractivity contribution in [1.82, 2.24) is 0 Å². The second-order valence-electron chi connectivity index (χ2n) is 3.50. The molecular formula is C10H7F2NO3. The predicted octanol–water partition coefficient (Wildman–Crippen LogP) is 1.48. The highest BCUT2D eigenvalue weighted by molar-refractivity contribution is 5.99. The third kappa shape index (κ3) is 1.62. The molecule has 0 aromatic heterocycles. The van der Waals surface area contributed by atoms with Gasteiger partial charge in [-0.3, -0.25) is 9.59 Å². The highest BCUT2D eigenvalue weighted by Crippen LogP contribution is 2.33. The Balaban J connectivity index is 2.57. The summed E-state index contributed by atoms with van der Waals surface area (Å²) < 4.78 is 25.8. The molecule has 0 unspecified atom stereocenters. The van der Waals surface area contributed by atoms with Crippen molar-refractivity contribution in [1.29, 1.82) is 0 Å². The molecule has 6 heteroatoms. The fourth-order valence-electron chi connectivity index (χ4n) is 1.68. The zero-order chi connectivity index (χ0) is 11.9. The molecule has 0 radical (unpaired) electrons. The van der Waals surface area contributed by atoms with E-state index in [1.807, 2.05) is 0 Å². The molecule has 16 heavy (non-hydrogen) atoms. The van der Waals surface area contributed by atoms with E-state index in [9.17, 15) is 18.4 Å². The van der Waals surface area contributed by atoms with Crippen LogP contribution in [0.5, 0.6) is 0 Å². The van der Waals surface area contributed by atoms with Crippen LogP contribution in [0, 0.1) is 11.6 Å². The standard InChI is InChI=1S/C10H7F2NO3/c11-6-1-4-5(10(15)16)2-9(14)13-8(4)3-7(6)12/h1,3,5H,2H2,(H,13,14)(H,15,16)/t5-/m1/s1. The molecule has 2 rings (SSSR count). The van der Waals surface area contributed by atoms with Crippen LogP contribution < -0.4 is 5.32 Å². The van der Waals surface area contributed by atoms with Crippen LogP contribution in [0.25, 0.3) is 0 Å². The molecule has 1 aromatic carbocycles. The third-order valence-corrected chi connectivity index (χ3v) is 2.43. The number of carbonyl (C=O) groups is 2. The normalized spacial score (nSPS) is 18.9. The van der Waals surface area contributed by atoms with E-state index in [0.717, 1.165) is 12.1 Å². The molecule has 1 heterocycles. The van der Waals surface area contributed by atoms with Crippen LogP contribution in [0.4, 0.5) is 14.5 Å². The number of nitrogens with one attached hydrogen (secondary N) is 1. The molecule has 0 bridgehead atoms. The number of fused-ring (bicyclic) bond motifs is 1. The zero-order valence-electron chi connectivity index (χ0n) is 7.96. The first-order chi connectivity index (χ1) is 7.49. The average molecular weight is 227 g/mol. The fraction of sp³-hybridized carbons (Fsp3) is 0.200. The fourth-order valence-corrected chi connectivity index (χ4v) is 1.68. The summed E-state index contributed by atoms with van der Waals surface area (Å²) in [4.78, 5) is 22.0. The van der Waals surface area contributed by atoms with Crippen molar-refractivity contribution in [2.24, 2.45) is 0 Å². The van der Waals surface area contributed by atoms with Crippen molar-refractivity contribution in [3.8, 4) is 0 Å². The van der Waals surface area contributed by atoms with E-state index in [2.05, 4.69) is 5.32 Å². The van der Waals surface area contributed by atoms with Gasteiger partial charge in [-0.2, -0.15) is 0 Å². The van der Waals surface area contributed by atoms with Gasteiger partial charge in [0.15, 0.2) is 11.6 Å². The maximum atomic E-state index is 13.0. The van der Waals surface area contributed by atoms with Gasteiger partial charge in [0.2, 0.25) is 5.91 Å². The SMILES string of the molecule is O=C1C[C@@H](C(=O)O)c2cc(F)c(F)cc2N1. The van der Waals surface area contributed by atoms with Gasteiger partial charge < -0.3 is 10.4 Å². The Kier molecular flexibility index (Phi) is 2.34. The lowest BCUT2D eigenvalue weighted by Crippen LogP contribution is -2.27. The topological polar surface area (TPSA) is 66.4 Å². The molecule has 0 aliphatic carbocycles. The number of anilines is 1. The van der Waals surface area contributed by atoms with Crippen molar-refractivity contribution < 1.29 is 23.5 Å². The molecule has 1 amide bonds. The minimum absolute atomic E-state index is 0.0163. The second kappa shape index (κ2) is 3.55. The van der Waals surface area contributed by atoms with Crippen LogP contribution in [0.2, 0.25) is 0 Å². The number of rotatable bonds is 1. The van der Waals surface area contributed by atoms with Gasteiger partial charge in [-0.15, -0.1) is 0 Å². The number of aliphatic carboxylic acids is 1. The monoisotopic (exact) mass is 227 g/mol. The molecule has 0 saturated heterocycles. The number of hydrogen-bond acceptors (Lipinski definition) is 2. The van der Waals surface area contributed by atoms with E-state index >= 15 is 0 Å². The molecule has 1 atom stereocenters. The summed E-state index contributed by atoms with van der Waals surface area (Å²) in [7, 11) is 0. The molecule has 1 aliphatic rings. The quantitative estimate of drug-likeness (QED) is 0.763. The van der Waals surface area contributed by atoms with Gasteiger partial charge in [-0.1, -0.05) is 0 Å². The molecule has 2 N–H and O–H groups in total. The van der Waals surface area contributed by atoms with Crippen LogP contribution in [-0.2, 0) is 9.59 Å². The van der Waals surface area contributed by atoms with Crippen LogP contribution in [0.3, 0.4) is 0 Å². The minimum Gasteiger partial charge on any atom is -0.481 e. The zero-order valence-corrected chi connectivity index (χ0v) is 7.96. The van der Waals surface area contributed by atoms with Gasteiger partial charge in [-0.25, -0.2) is 8.78 Å². The van der Waals surface area contributed by atoms with E-state index in [-0.39, 0.29) is 17.7 Å². The average Bonchev–Trinajstić information content (AvgIpc) is 2.19. The number of carboxylic acid groups (broad SMARTS) is 1. The van der Waals surface area contributed by atoms with E-state index in [1.165, 1.54) is 0 Å². The first-order valence-electron chi connectivity index (χ1n) is 4.50. The molecule has 84 valence electrons. The predicted molar refractivity (Wildman–Crippen MR) is 50.0 cm³/mol. The first-order valence-corrected chi connectivity index (χ1v) is 4.50. The number of amides is 1. The van der Waals surface area contributed by atoms with E-state index in [0.29, 0.717) is 0 Å². The molecular weight excluding hydrogens is 220 g/mol. The summed E-state index contributed by atoms with van der Waals surface area (Å²) in [5, 5.41) is 11.2. The molecule has 0 fully saturated rings. The highest BCUT2D eigenvalue weighted by Gasteiger charge is 2.31. The van der Waals surface area contributed by atoms with Gasteiger partial charge >= 0.3 is 5.97 Å². The summed E-state index contributed by atoms with van der Waals surface area (Å²) in [6, 6.07) is 1.60. The molecule has 1 aliphatic heterocycles. The van der Waals surface area contributed by atoms with Crippen molar-refractivity contribution in [2.45, 2.75) is 12.3 Å². The number of halogens is 2. The molecule has 0 saturated carbocycles. The molecule has 1 aromatic rings. The van der Waals surface area contributed by atoms with Crippen molar-refractivity contribution in [3.63, 3.8) is 0 Å². The summed E-state index contributed by atoms with van der Waals surface area (Å²) in [6.07, 6.45) is -0.270. The lowest BCUT2D eigenvalue weighted by atomic mass is 9.90. The van der Waals surface area contributed by atoms with Gasteiger partial charge in [-0.05, 0) is 11.6 Å². The maximum absolute atomic E-state index is 13.0. The summed E-state index contributed by atoms with van der Waals surface area (Å²) in [5.74, 6) is -5.13. The summed E-state index contributed by atoms with van der Waals surface area (Å²) in [6.45, 7) is 0. The van der Waals surface area contributed by atoms with E-state index < -0.39 is 29.4 Å². The lowest BCUT2D eigenvalue weighted by molar-refractivity contribution is -0.140. The van der Waals surface area contributed by atoms with Crippen molar-refractivity contribution >= 4 is 17.6 Å². The maximum Gasteiger partial charge on any atom is 0.311 e. The number of hydrogen-bond donors (Lipinski definition) is 2. The van der Waals surface area contributed by atoms with Crippen LogP contribution >= 0.6 is 0 Å². The van der Waals surface area contributed by atoms with Crippen LogP contribution in [0.1, 0.15) is 17.9 Å². The highest BCUT2D eigenvalue weighted by atomic mass is 19.2. The van der Waals surface area contributed by atoms with Gasteiger partial charge in [0, 0.05) is 18.2 Å². The summed E-state index contributed by atoms with van der Waals surface area (Å²) in [5.41, 5.74) is 0.105. The van der Waals surface area contributed by atoms with E-state index in [4.69, 9.17) is 5.11 Å². The molecule has 0 spiro atoms. The Hall–Kier alpha value is -1.98. The molecule has 4 nitrogen and oxygen atoms in total. The van der Waals surface area contributed by atoms with Gasteiger partial charge in [0.05, 0.1) is 5.92 Å². The van der Waals surface area contributed by atoms with Crippen molar-refractivity contribution in [2.75, 3.05) is 5.32 Å². The minimum atomic E-state index is -1.23. The van der Waals surface area contributed by atoms with E-state index in [1.54, 1.807) is 0 Å². The third-order valence-electron chi connectivity index (χ3n) is 2.43.